The van der Waals surface area contributed by atoms with E-state index in [0.717, 1.165) is 29.1 Å². The minimum absolute atomic E-state index is 0.00288. The summed E-state index contributed by atoms with van der Waals surface area (Å²) < 4.78 is 11.4. The molecule has 0 fully saturated rings. The van der Waals surface area contributed by atoms with Gasteiger partial charge in [-0.25, -0.2) is 4.98 Å². The predicted octanol–water partition coefficient (Wildman–Crippen LogP) is 3.91. The van der Waals surface area contributed by atoms with Gasteiger partial charge in [-0.1, -0.05) is 48.5 Å². The van der Waals surface area contributed by atoms with Crippen LogP contribution in [-0.4, -0.2) is 17.5 Å². The number of aromatic nitrogens is 1. The molecular formula is C21H20N2O3. The molecule has 0 saturated carbocycles. The highest BCUT2D eigenvalue weighted by atomic mass is 16.5. The van der Waals surface area contributed by atoms with Gasteiger partial charge in [0.25, 0.3) is 0 Å². The van der Waals surface area contributed by atoms with Crippen LogP contribution in [0.25, 0.3) is 11.3 Å². The van der Waals surface area contributed by atoms with Gasteiger partial charge in [0.15, 0.2) is 11.7 Å². The summed E-state index contributed by atoms with van der Waals surface area (Å²) in [6.07, 6.45) is 3.30. The van der Waals surface area contributed by atoms with Gasteiger partial charge in [0.2, 0.25) is 5.91 Å². The van der Waals surface area contributed by atoms with E-state index in [9.17, 15) is 4.79 Å². The number of ether oxygens (including phenoxy) is 1. The van der Waals surface area contributed by atoms with Gasteiger partial charge in [-0.2, -0.15) is 0 Å². The third-order valence-electron chi connectivity index (χ3n) is 4.47. The maximum Gasteiger partial charge on any atom is 0.220 e. The van der Waals surface area contributed by atoms with E-state index in [1.165, 1.54) is 0 Å². The Kier molecular flexibility index (Phi) is 4.69. The number of benzene rings is 2. The number of carbonyl (C=O) groups excluding carboxylic acids is 1. The Bertz CT molecular complexity index is 889. The van der Waals surface area contributed by atoms with E-state index in [1.807, 2.05) is 54.6 Å². The normalized spacial score (nSPS) is 15.8. The maximum absolute atomic E-state index is 12.3. The first kappa shape index (κ1) is 16.4. The van der Waals surface area contributed by atoms with Crippen molar-refractivity contribution in [2.24, 2.45) is 0 Å². The average molecular weight is 348 g/mol. The zero-order chi connectivity index (χ0) is 17.8. The lowest BCUT2D eigenvalue weighted by atomic mass is 10.0. The Morgan fingerprint density at radius 3 is 2.81 bits per heavy atom. The Hall–Kier alpha value is -3.08. The molecular weight excluding hydrogens is 328 g/mol. The lowest BCUT2D eigenvalue weighted by Gasteiger charge is -2.26. The zero-order valence-corrected chi connectivity index (χ0v) is 14.4. The first-order valence-electron chi connectivity index (χ1n) is 8.81. The number of fused-ring (bicyclic) bond motifs is 1. The molecule has 1 atom stereocenters. The second-order valence-corrected chi connectivity index (χ2v) is 6.28. The lowest BCUT2D eigenvalue weighted by Crippen LogP contribution is -2.32. The van der Waals surface area contributed by atoms with Crippen LogP contribution in [0.2, 0.25) is 0 Å². The van der Waals surface area contributed by atoms with Crippen molar-refractivity contribution in [3.05, 3.63) is 72.2 Å². The van der Waals surface area contributed by atoms with Crippen LogP contribution in [-0.2, 0) is 11.2 Å². The lowest BCUT2D eigenvalue weighted by molar-refractivity contribution is -0.122. The monoisotopic (exact) mass is 348 g/mol. The van der Waals surface area contributed by atoms with Crippen LogP contribution in [0.3, 0.4) is 0 Å². The molecule has 0 saturated heterocycles. The van der Waals surface area contributed by atoms with E-state index in [0.29, 0.717) is 25.3 Å². The quantitative estimate of drug-likeness (QED) is 0.759. The van der Waals surface area contributed by atoms with Crippen LogP contribution in [0.4, 0.5) is 0 Å². The molecule has 132 valence electrons. The first-order chi connectivity index (χ1) is 12.8. The Morgan fingerprint density at radius 2 is 1.92 bits per heavy atom. The van der Waals surface area contributed by atoms with Crippen molar-refractivity contribution in [1.29, 1.82) is 0 Å². The van der Waals surface area contributed by atoms with Crippen LogP contribution < -0.4 is 10.1 Å². The maximum atomic E-state index is 12.3. The van der Waals surface area contributed by atoms with Crippen molar-refractivity contribution in [2.45, 2.75) is 25.3 Å². The highest BCUT2D eigenvalue weighted by Gasteiger charge is 2.22. The average Bonchev–Trinajstić information content (AvgIpc) is 3.17. The third-order valence-corrected chi connectivity index (χ3v) is 4.47. The molecule has 0 bridgehead atoms. The Labute approximate surface area is 152 Å². The fourth-order valence-corrected chi connectivity index (χ4v) is 3.14. The molecule has 5 heteroatoms. The summed E-state index contributed by atoms with van der Waals surface area (Å²) >= 11 is 0. The first-order valence-corrected chi connectivity index (χ1v) is 8.81. The smallest absolute Gasteiger partial charge is 0.220 e. The Morgan fingerprint density at radius 1 is 1.12 bits per heavy atom. The van der Waals surface area contributed by atoms with Crippen LogP contribution >= 0.6 is 0 Å². The molecule has 1 N–H and O–H groups in total. The fourth-order valence-electron chi connectivity index (χ4n) is 3.14. The molecule has 0 radical (unpaired) electrons. The molecule has 5 nitrogen and oxygen atoms in total. The predicted molar refractivity (Wildman–Crippen MR) is 97.7 cm³/mol. The number of carbonyl (C=O) groups is 1. The third kappa shape index (κ3) is 3.61. The van der Waals surface area contributed by atoms with E-state index in [4.69, 9.17) is 9.15 Å². The molecule has 0 spiro atoms. The number of hydrogen-bond donors (Lipinski definition) is 1. The number of oxazole rings is 1. The fraction of sp³-hybridized carbons (Fsp3) is 0.238. The summed E-state index contributed by atoms with van der Waals surface area (Å²) in [6.45, 7) is 0.613. The zero-order valence-electron chi connectivity index (χ0n) is 14.4. The van der Waals surface area contributed by atoms with Gasteiger partial charge in [-0.05, 0) is 6.07 Å². The molecule has 0 aliphatic carbocycles. The summed E-state index contributed by atoms with van der Waals surface area (Å²) in [7, 11) is 0. The van der Waals surface area contributed by atoms with Crippen molar-refractivity contribution in [3.63, 3.8) is 0 Å². The van der Waals surface area contributed by atoms with Crippen LogP contribution in [0.1, 0.15) is 30.3 Å². The van der Waals surface area contributed by atoms with Gasteiger partial charge in [0.1, 0.15) is 5.75 Å². The molecule has 1 aromatic heterocycles. The SMILES string of the molecule is O=C(CCc1ncc(-c2ccccc2)o1)NC1CCOc2ccccc21. The summed E-state index contributed by atoms with van der Waals surface area (Å²) in [5.41, 5.74) is 2.02. The van der Waals surface area contributed by atoms with Gasteiger partial charge in [-0.15, -0.1) is 0 Å². The van der Waals surface area contributed by atoms with Crippen molar-refractivity contribution in [3.8, 4) is 17.1 Å². The van der Waals surface area contributed by atoms with Gasteiger partial charge >= 0.3 is 0 Å². The summed E-state index contributed by atoms with van der Waals surface area (Å²) in [5.74, 6) is 2.14. The van der Waals surface area contributed by atoms with Crippen LogP contribution in [0.15, 0.2) is 65.2 Å². The van der Waals surface area contributed by atoms with E-state index >= 15 is 0 Å². The number of nitrogens with zero attached hydrogens (tertiary/aromatic N) is 1. The van der Waals surface area contributed by atoms with Crippen LogP contribution in [0, 0.1) is 0 Å². The molecule has 2 heterocycles. The second kappa shape index (κ2) is 7.44. The molecule has 3 aromatic rings. The molecule has 1 aliphatic rings. The minimum Gasteiger partial charge on any atom is -0.493 e. The molecule has 1 amide bonds. The van der Waals surface area contributed by atoms with E-state index in [2.05, 4.69) is 10.3 Å². The Balaban J connectivity index is 1.35. The van der Waals surface area contributed by atoms with Crippen molar-refractivity contribution in [2.75, 3.05) is 6.61 Å². The number of hydrogen-bond acceptors (Lipinski definition) is 4. The molecule has 1 unspecified atom stereocenters. The van der Waals surface area contributed by atoms with E-state index in [-0.39, 0.29) is 11.9 Å². The second-order valence-electron chi connectivity index (χ2n) is 6.28. The van der Waals surface area contributed by atoms with E-state index in [1.54, 1.807) is 6.20 Å². The van der Waals surface area contributed by atoms with E-state index < -0.39 is 0 Å². The number of para-hydroxylation sites is 1. The largest absolute Gasteiger partial charge is 0.493 e. The topological polar surface area (TPSA) is 64.4 Å². The number of aryl methyl sites for hydroxylation is 1. The van der Waals surface area contributed by atoms with Crippen molar-refractivity contribution >= 4 is 5.91 Å². The molecule has 26 heavy (non-hydrogen) atoms. The standard InChI is InChI=1S/C21H20N2O3/c24-20(23-17-12-13-25-18-9-5-4-8-16(17)18)10-11-21-22-14-19(26-21)15-6-2-1-3-7-15/h1-9,14,17H,10-13H2,(H,23,24). The number of amides is 1. The number of nitrogens with one attached hydrogen (secondary N) is 1. The van der Waals surface area contributed by atoms with Gasteiger partial charge < -0.3 is 14.5 Å². The number of rotatable bonds is 5. The highest BCUT2D eigenvalue weighted by Crippen LogP contribution is 2.31. The summed E-state index contributed by atoms with van der Waals surface area (Å²) in [6, 6.07) is 17.6. The van der Waals surface area contributed by atoms with Crippen LogP contribution in [0.5, 0.6) is 5.75 Å². The van der Waals surface area contributed by atoms with Gasteiger partial charge in [-0.3, -0.25) is 4.79 Å². The van der Waals surface area contributed by atoms with Crippen molar-refractivity contribution in [1.82, 2.24) is 10.3 Å². The van der Waals surface area contributed by atoms with Gasteiger partial charge in [0.05, 0.1) is 18.8 Å². The molecule has 1 aliphatic heterocycles. The minimum atomic E-state index is -0.00818. The highest BCUT2D eigenvalue weighted by molar-refractivity contribution is 5.76. The van der Waals surface area contributed by atoms with Crippen molar-refractivity contribution < 1.29 is 13.9 Å². The summed E-state index contributed by atoms with van der Waals surface area (Å²) in [5, 5.41) is 3.10. The molecule has 4 rings (SSSR count). The summed E-state index contributed by atoms with van der Waals surface area (Å²) in [4.78, 5) is 16.6. The van der Waals surface area contributed by atoms with Gasteiger partial charge in [0, 0.05) is 30.4 Å². The molecule has 2 aromatic carbocycles.